The van der Waals surface area contributed by atoms with Crippen LogP contribution in [-0.4, -0.2) is 24.9 Å². The van der Waals surface area contributed by atoms with Crippen molar-refractivity contribution in [2.75, 3.05) is 6.61 Å². The number of hydrogen-bond acceptors (Lipinski definition) is 3. The standard InChI is InChI=1S/C8H16FNO2/c1-4-12-8(11)5-7(9)10-6(2)3/h6-7,10H,4-5H2,1-3H3. The predicted molar refractivity (Wildman–Crippen MR) is 44.4 cm³/mol. The number of ether oxygens (including phenoxy) is 1. The minimum atomic E-state index is -1.30. The highest BCUT2D eigenvalue weighted by molar-refractivity contribution is 5.69. The highest BCUT2D eigenvalue weighted by Gasteiger charge is 2.13. The lowest BCUT2D eigenvalue weighted by Crippen LogP contribution is -2.33. The van der Waals surface area contributed by atoms with Gasteiger partial charge in [-0.05, 0) is 20.8 Å². The highest BCUT2D eigenvalue weighted by atomic mass is 19.1. The summed E-state index contributed by atoms with van der Waals surface area (Å²) in [5.74, 6) is -0.502. The van der Waals surface area contributed by atoms with Crippen LogP contribution in [0.4, 0.5) is 4.39 Å². The second-order valence-corrected chi connectivity index (χ2v) is 2.80. The first-order valence-corrected chi connectivity index (χ1v) is 4.12. The van der Waals surface area contributed by atoms with Crippen molar-refractivity contribution in [3.8, 4) is 0 Å². The van der Waals surface area contributed by atoms with Crippen LogP contribution in [0.15, 0.2) is 0 Å². The lowest BCUT2D eigenvalue weighted by Gasteiger charge is -2.12. The van der Waals surface area contributed by atoms with Crippen molar-refractivity contribution < 1.29 is 13.9 Å². The maximum atomic E-state index is 12.8. The van der Waals surface area contributed by atoms with Gasteiger partial charge in [-0.15, -0.1) is 0 Å². The molecule has 0 aromatic heterocycles. The second-order valence-electron chi connectivity index (χ2n) is 2.80. The van der Waals surface area contributed by atoms with Gasteiger partial charge in [-0.25, -0.2) is 4.39 Å². The number of halogens is 1. The van der Waals surface area contributed by atoms with Crippen molar-refractivity contribution in [3.05, 3.63) is 0 Å². The van der Waals surface area contributed by atoms with Crippen molar-refractivity contribution in [2.24, 2.45) is 0 Å². The molecule has 0 saturated carbocycles. The molecule has 0 aliphatic heterocycles. The van der Waals surface area contributed by atoms with Crippen LogP contribution in [0.25, 0.3) is 0 Å². The minimum Gasteiger partial charge on any atom is -0.466 e. The number of alkyl halides is 1. The Kier molecular flexibility index (Phi) is 5.62. The summed E-state index contributed by atoms with van der Waals surface area (Å²) < 4.78 is 17.4. The van der Waals surface area contributed by atoms with E-state index in [0.29, 0.717) is 6.61 Å². The Morgan fingerprint density at radius 3 is 2.58 bits per heavy atom. The van der Waals surface area contributed by atoms with Crippen LogP contribution in [0, 0.1) is 0 Å². The van der Waals surface area contributed by atoms with Crippen LogP contribution in [0.3, 0.4) is 0 Å². The molecule has 0 aliphatic carbocycles. The third-order valence-electron chi connectivity index (χ3n) is 1.17. The molecule has 0 fully saturated rings. The van der Waals surface area contributed by atoms with E-state index in [1.807, 2.05) is 13.8 Å². The molecule has 12 heavy (non-hydrogen) atoms. The van der Waals surface area contributed by atoms with E-state index in [4.69, 9.17) is 0 Å². The Bertz CT molecular complexity index is 139. The van der Waals surface area contributed by atoms with E-state index in [9.17, 15) is 9.18 Å². The SMILES string of the molecule is CCOC(=O)CC(F)NC(C)C. The summed E-state index contributed by atoms with van der Waals surface area (Å²) in [6, 6.07) is 0.0365. The van der Waals surface area contributed by atoms with E-state index < -0.39 is 12.3 Å². The van der Waals surface area contributed by atoms with Gasteiger partial charge in [-0.1, -0.05) is 0 Å². The first-order valence-electron chi connectivity index (χ1n) is 4.12. The summed E-state index contributed by atoms with van der Waals surface area (Å²) in [5.41, 5.74) is 0. The van der Waals surface area contributed by atoms with Gasteiger partial charge in [0.2, 0.25) is 0 Å². The lowest BCUT2D eigenvalue weighted by atomic mass is 10.3. The van der Waals surface area contributed by atoms with Crippen LogP contribution >= 0.6 is 0 Å². The number of nitrogens with one attached hydrogen (secondary N) is 1. The van der Waals surface area contributed by atoms with Gasteiger partial charge in [0.05, 0.1) is 13.0 Å². The molecule has 0 aliphatic rings. The molecule has 1 N–H and O–H groups in total. The molecule has 3 nitrogen and oxygen atoms in total. The third kappa shape index (κ3) is 6.09. The first kappa shape index (κ1) is 11.4. The van der Waals surface area contributed by atoms with E-state index in [1.165, 1.54) is 0 Å². The van der Waals surface area contributed by atoms with Crippen LogP contribution in [0.5, 0.6) is 0 Å². The smallest absolute Gasteiger partial charge is 0.310 e. The fraction of sp³-hybridized carbons (Fsp3) is 0.875. The minimum absolute atomic E-state index is 0.0365. The topological polar surface area (TPSA) is 38.3 Å². The number of carbonyl (C=O) groups excluding carboxylic acids is 1. The molecule has 0 bridgehead atoms. The Labute approximate surface area is 72.3 Å². The second kappa shape index (κ2) is 5.94. The van der Waals surface area contributed by atoms with E-state index in [-0.39, 0.29) is 12.5 Å². The molecule has 0 aromatic rings. The first-order chi connectivity index (χ1) is 5.56. The molecule has 0 rings (SSSR count). The van der Waals surface area contributed by atoms with Crippen LogP contribution in [0.1, 0.15) is 27.2 Å². The van der Waals surface area contributed by atoms with Crippen molar-refractivity contribution >= 4 is 5.97 Å². The average molecular weight is 177 g/mol. The van der Waals surface area contributed by atoms with Gasteiger partial charge in [0, 0.05) is 6.04 Å². The quantitative estimate of drug-likeness (QED) is 0.507. The summed E-state index contributed by atoms with van der Waals surface area (Å²) >= 11 is 0. The Balaban J connectivity index is 3.54. The van der Waals surface area contributed by atoms with Gasteiger partial charge in [0.15, 0.2) is 6.30 Å². The van der Waals surface area contributed by atoms with Gasteiger partial charge in [0.1, 0.15) is 0 Å². The average Bonchev–Trinajstić information content (AvgIpc) is 1.84. The molecule has 0 radical (unpaired) electrons. The molecular weight excluding hydrogens is 161 g/mol. The van der Waals surface area contributed by atoms with Gasteiger partial charge < -0.3 is 4.74 Å². The summed E-state index contributed by atoms with van der Waals surface area (Å²) in [4.78, 5) is 10.7. The van der Waals surface area contributed by atoms with Gasteiger partial charge >= 0.3 is 5.97 Å². The van der Waals surface area contributed by atoms with Crippen molar-refractivity contribution in [2.45, 2.75) is 39.5 Å². The van der Waals surface area contributed by atoms with Crippen molar-refractivity contribution in [3.63, 3.8) is 0 Å². The Morgan fingerprint density at radius 1 is 1.58 bits per heavy atom. The molecule has 0 aromatic carbocycles. The third-order valence-corrected chi connectivity index (χ3v) is 1.17. The largest absolute Gasteiger partial charge is 0.466 e. The van der Waals surface area contributed by atoms with E-state index in [1.54, 1.807) is 6.92 Å². The van der Waals surface area contributed by atoms with Crippen LogP contribution in [0.2, 0.25) is 0 Å². The van der Waals surface area contributed by atoms with Crippen molar-refractivity contribution in [1.82, 2.24) is 5.32 Å². The van der Waals surface area contributed by atoms with Gasteiger partial charge in [0.25, 0.3) is 0 Å². The number of rotatable bonds is 5. The Hall–Kier alpha value is -0.640. The molecule has 0 spiro atoms. The van der Waals surface area contributed by atoms with Crippen LogP contribution in [-0.2, 0) is 9.53 Å². The number of hydrogen-bond donors (Lipinski definition) is 1. The number of esters is 1. The molecule has 0 saturated heterocycles. The maximum absolute atomic E-state index is 12.8. The summed E-state index contributed by atoms with van der Waals surface area (Å²) in [6.07, 6.45) is -1.52. The molecule has 0 amide bonds. The maximum Gasteiger partial charge on any atom is 0.310 e. The molecule has 4 heteroatoms. The number of carbonyl (C=O) groups is 1. The zero-order valence-electron chi connectivity index (χ0n) is 7.76. The molecule has 1 unspecified atom stereocenters. The Morgan fingerprint density at radius 2 is 2.17 bits per heavy atom. The molecule has 0 heterocycles. The zero-order chi connectivity index (χ0) is 9.56. The van der Waals surface area contributed by atoms with Crippen molar-refractivity contribution in [1.29, 1.82) is 0 Å². The lowest BCUT2D eigenvalue weighted by molar-refractivity contribution is -0.144. The van der Waals surface area contributed by atoms with E-state index in [2.05, 4.69) is 10.1 Å². The van der Waals surface area contributed by atoms with Gasteiger partial charge in [-0.3, -0.25) is 10.1 Å². The monoisotopic (exact) mass is 177 g/mol. The molecule has 1 atom stereocenters. The fourth-order valence-corrected chi connectivity index (χ4v) is 0.787. The highest BCUT2D eigenvalue weighted by Crippen LogP contribution is 1.97. The molecule has 72 valence electrons. The summed E-state index contributed by atoms with van der Waals surface area (Å²) in [5, 5.41) is 2.56. The summed E-state index contributed by atoms with van der Waals surface area (Å²) in [6.45, 7) is 5.63. The summed E-state index contributed by atoms with van der Waals surface area (Å²) in [7, 11) is 0. The fourth-order valence-electron chi connectivity index (χ4n) is 0.787. The predicted octanol–water partition coefficient (Wildman–Crippen LogP) is 1.23. The normalized spacial score (nSPS) is 13.1. The van der Waals surface area contributed by atoms with Gasteiger partial charge in [-0.2, -0.15) is 0 Å². The molecular formula is C8H16FNO2. The van der Waals surface area contributed by atoms with Crippen LogP contribution < -0.4 is 5.32 Å². The van der Waals surface area contributed by atoms with E-state index in [0.717, 1.165) is 0 Å². The van der Waals surface area contributed by atoms with E-state index >= 15 is 0 Å². The zero-order valence-corrected chi connectivity index (χ0v) is 7.76.